The summed E-state index contributed by atoms with van der Waals surface area (Å²) in [6, 6.07) is 9.43. The minimum Gasteiger partial charge on any atom is -0.495 e. The molecule has 2 aromatic heterocycles. The van der Waals surface area contributed by atoms with Crippen molar-refractivity contribution in [2.24, 2.45) is 5.92 Å². The van der Waals surface area contributed by atoms with Gasteiger partial charge in [0.05, 0.1) is 42.8 Å². The van der Waals surface area contributed by atoms with Gasteiger partial charge in [-0.25, -0.2) is 4.98 Å². The lowest BCUT2D eigenvalue weighted by atomic mass is 9.88. The molecule has 354 valence electrons. The van der Waals surface area contributed by atoms with Crippen LogP contribution in [0.5, 0.6) is 11.5 Å². The molecule has 2 saturated heterocycles. The Labute approximate surface area is 390 Å². The number of piperidine rings is 2. The van der Waals surface area contributed by atoms with Crippen LogP contribution in [0.4, 0.5) is 17.5 Å². The third-order valence-electron chi connectivity index (χ3n) is 14.0. The summed E-state index contributed by atoms with van der Waals surface area (Å²) >= 11 is 0. The van der Waals surface area contributed by atoms with Crippen LogP contribution < -0.4 is 30.3 Å². The number of imide groups is 2. The van der Waals surface area contributed by atoms with Gasteiger partial charge in [0, 0.05) is 37.7 Å². The molecule has 3 fully saturated rings. The summed E-state index contributed by atoms with van der Waals surface area (Å²) in [5, 5.41) is 17.9. The van der Waals surface area contributed by atoms with Crippen LogP contribution in [0, 0.1) is 12.8 Å². The number of nitrogens with zero attached hydrogens (tertiary/aromatic N) is 8. The number of amides is 5. The molecule has 5 aliphatic rings. The molecule has 4 aliphatic heterocycles. The lowest BCUT2D eigenvalue weighted by Gasteiger charge is -2.39. The molecule has 0 spiro atoms. The maximum Gasteiger partial charge on any atom is 0.266 e. The van der Waals surface area contributed by atoms with Gasteiger partial charge in [0.25, 0.3) is 17.7 Å². The molecule has 2 atom stereocenters. The van der Waals surface area contributed by atoms with Crippen molar-refractivity contribution in [1.82, 2.24) is 45.2 Å². The van der Waals surface area contributed by atoms with Gasteiger partial charge in [0.15, 0.2) is 11.6 Å². The number of anilines is 3. The van der Waals surface area contributed by atoms with Gasteiger partial charge in [-0.1, -0.05) is 45.1 Å². The topological polar surface area (TPSA) is 206 Å². The smallest absolute Gasteiger partial charge is 0.266 e. The average Bonchev–Trinajstić information content (AvgIpc) is 3.85. The van der Waals surface area contributed by atoms with E-state index in [0.717, 1.165) is 99.2 Å². The average molecular weight is 916 g/mol. The van der Waals surface area contributed by atoms with Crippen LogP contribution >= 0.6 is 0 Å². The van der Waals surface area contributed by atoms with Crippen LogP contribution in [-0.4, -0.2) is 116 Å². The second kappa shape index (κ2) is 20.2. The highest BCUT2D eigenvalue weighted by atomic mass is 16.5. The van der Waals surface area contributed by atoms with Gasteiger partial charge in [0.1, 0.15) is 29.1 Å². The Bertz CT molecular complexity index is 2510. The Morgan fingerprint density at radius 3 is 2.49 bits per heavy atom. The minimum absolute atomic E-state index is 0.0573. The lowest BCUT2D eigenvalue weighted by molar-refractivity contribution is -0.136. The molecule has 0 bridgehead atoms. The standard InChI is InChI=1S/C49H61N11O7/c1-4-36-44-56-55-30(2)59(44)38-28-50-49(54-43(38)58(36)29-31-13-8-7-9-14-31)52-35-18-17-32(27-40(35)66-3)45(62)51-33-21-24-57(25-22-33)23-10-5-6-11-26-67-39-16-12-15-34-42(39)48(65)60(47(34)64)37-19-20-41(61)53-46(37)63/h12,15-18,27-28,31,33,36-37H,4-11,13-14,19-26,29H2,1-3H3,(H,51,62)(H,50,52,54)(H,53,61,63). The van der Waals surface area contributed by atoms with E-state index in [1.807, 2.05) is 19.2 Å². The Morgan fingerprint density at radius 2 is 1.72 bits per heavy atom. The predicted molar refractivity (Wildman–Crippen MR) is 249 cm³/mol. The number of likely N-dealkylation sites (tertiary alicyclic amines) is 1. The van der Waals surface area contributed by atoms with Gasteiger partial charge in [-0.3, -0.25) is 38.8 Å². The summed E-state index contributed by atoms with van der Waals surface area (Å²) in [7, 11) is 1.59. The SMILES string of the molecule is CCC1c2nnc(C)n2-c2cnc(Nc3ccc(C(=O)NC4CCN(CCCCCCOc5cccc6c5C(=O)N(C5CCC(=O)NC5=O)C6=O)CC4)cc3OC)nc2N1CC1CCCCC1. The van der Waals surface area contributed by atoms with Crippen LogP contribution in [-0.2, 0) is 9.59 Å². The number of nitrogens with one attached hydrogen (secondary N) is 3. The zero-order chi connectivity index (χ0) is 46.6. The molecule has 18 nitrogen and oxygen atoms in total. The number of hydrogen-bond donors (Lipinski definition) is 3. The predicted octanol–water partition coefficient (Wildman–Crippen LogP) is 6.20. The van der Waals surface area contributed by atoms with E-state index in [1.54, 1.807) is 37.4 Å². The fourth-order valence-corrected chi connectivity index (χ4v) is 10.4. The van der Waals surface area contributed by atoms with Crippen molar-refractivity contribution in [1.29, 1.82) is 0 Å². The molecule has 1 saturated carbocycles. The number of unbranched alkanes of at least 4 members (excludes halogenated alkanes) is 3. The highest BCUT2D eigenvalue weighted by Crippen LogP contribution is 2.41. The van der Waals surface area contributed by atoms with Gasteiger partial charge >= 0.3 is 0 Å². The Morgan fingerprint density at radius 1 is 0.910 bits per heavy atom. The summed E-state index contributed by atoms with van der Waals surface area (Å²) in [4.78, 5) is 79.7. The van der Waals surface area contributed by atoms with Crippen molar-refractivity contribution in [3.05, 3.63) is 70.9 Å². The molecule has 67 heavy (non-hydrogen) atoms. The second-order valence-electron chi connectivity index (χ2n) is 18.4. The number of rotatable bonds is 17. The number of aromatic nitrogens is 5. The first-order valence-corrected chi connectivity index (χ1v) is 24.1. The number of methoxy groups -OCH3 is 1. The zero-order valence-electron chi connectivity index (χ0n) is 38.7. The summed E-state index contributed by atoms with van der Waals surface area (Å²) in [6.45, 7) is 8.23. The van der Waals surface area contributed by atoms with Crippen LogP contribution in [0.1, 0.15) is 146 Å². The first-order chi connectivity index (χ1) is 32.6. The van der Waals surface area contributed by atoms with E-state index >= 15 is 0 Å². The van der Waals surface area contributed by atoms with Crippen molar-refractivity contribution in [3.8, 4) is 17.2 Å². The maximum atomic E-state index is 13.5. The summed E-state index contributed by atoms with van der Waals surface area (Å²) in [5.41, 5.74) is 2.44. The number of benzene rings is 2. The van der Waals surface area contributed by atoms with Crippen molar-refractivity contribution >= 4 is 47.0 Å². The molecule has 5 amide bonds. The van der Waals surface area contributed by atoms with E-state index in [9.17, 15) is 24.0 Å². The third-order valence-corrected chi connectivity index (χ3v) is 14.0. The third kappa shape index (κ3) is 9.58. The molecule has 4 aromatic rings. The van der Waals surface area contributed by atoms with E-state index in [1.165, 1.54) is 32.1 Å². The lowest BCUT2D eigenvalue weighted by Crippen LogP contribution is -2.54. The number of carbonyl (C=O) groups excluding carboxylic acids is 5. The van der Waals surface area contributed by atoms with Crippen molar-refractivity contribution in [2.75, 3.05) is 50.1 Å². The Balaban J connectivity index is 0.722. The Hall–Kier alpha value is -6.43. The van der Waals surface area contributed by atoms with Crippen molar-refractivity contribution in [2.45, 2.75) is 122 Å². The van der Waals surface area contributed by atoms with Gasteiger partial charge in [-0.05, 0) is 101 Å². The van der Waals surface area contributed by atoms with Crippen LogP contribution in [0.2, 0.25) is 0 Å². The summed E-state index contributed by atoms with van der Waals surface area (Å²) in [5.74, 6) is 2.19. The molecule has 3 N–H and O–H groups in total. The normalized spacial score (nSPS) is 20.0. The molecule has 18 heteroatoms. The molecule has 6 heterocycles. The van der Waals surface area contributed by atoms with Gasteiger partial charge < -0.3 is 29.9 Å². The van der Waals surface area contributed by atoms with Gasteiger partial charge in [-0.2, -0.15) is 4.98 Å². The van der Waals surface area contributed by atoms with E-state index in [2.05, 4.69) is 47.4 Å². The minimum atomic E-state index is -1.02. The Kier molecular flexibility index (Phi) is 13.8. The van der Waals surface area contributed by atoms with Crippen LogP contribution in [0.25, 0.3) is 5.69 Å². The molecule has 2 unspecified atom stereocenters. The molecular weight excluding hydrogens is 855 g/mol. The number of aryl methyl sites for hydroxylation is 1. The maximum absolute atomic E-state index is 13.5. The summed E-state index contributed by atoms with van der Waals surface area (Å²) in [6.07, 6.45) is 14.7. The molecule has 9 rings (SSSR count). The molecule has 1 aliphatic carbocycles. The quantitative estimate of drug-likeness (QED) is 0.0797. The van der Waals surface area contributed by atoms with Gasteiger partial charge in [-0.15, -0.1) is 10.2 Å². The van der Waals surface area contributed by atoms with Gasteiger partial charge in [0.2, 0.25) is 17.8 Å². The first-order valence-electron chi connectivity index (χ1n) is 24.1. The number of fused-ring (bicyclic) bond motifs is 4. The van der Waals surface area contributed by atoms with Crippen molar-refractivity contribution < 1.29 is 33.4 Å². The van der Waals surface area contributed by atoms with E-state index in [0.29, 0.717) is 41.2 Å². The highest BCUT2D eigenvalue weighted by molar-refractivity contribution is 6.24. The fraction of sp³-hybridized carbons (Fsp3) is 0.531. The van der Waals surface area contributed by atoms with Crippen molar-refractivity contribution in [3.63, 3.8) is 0 Å². The number of carbonyl (C=O) groups is 5. The fourth-order valence-electron chi connectivity index (χ4n) is 10.4. The molecule has 0 radical (unpaired) electrons. The van der Waals surface area contributed by atoms with Crippen LogP contribution in [0.15, 0.2) is 42.6 Å². The number of hydrogen-bond acceptors (Lipinski definition) is 14. The van der Waals surface area contributed by atoms with E-state index in [4.69, 9.17) is 19.4 Å². The van der Waals surface area contributed by atoms with Crippen LogP contribution in [0.3, 0.4) is 0 Å². The van der Waals surface area contributed by atoms with E-state index in [-0.39, 0.29) is 42.0 Å². The first kappa shape index (κ1) is 45.7. The zero-order valence-corrected chi connectivity index (χ0v) is 38.7. The largest absolute Gasteiger partial charge is 0.495 e. The molecular formula is C49H61N11O7. The van der Waals surface area contributed by atoms with E-state index < -0.39 is 29.7 Å². The highest BCUT2D eigenvalue weighted by Gasteiger charge is 2.46. The number of ether oxygens (including phenoxy) is 2. The second-order valence-corrected chi connectivity index (χ2v) is 18.4. The summed E-state index contributed by atoms with van der Waals surface area (Å²) < 4.78 is 13.9. The molecule has 2 aromatic carbocycles. The monoisotopic (exact) mass is 915 g/mol.